The van der Waals surface area contributed by atoms with E-state index in [0.717, 1.165) is 22.1 Å². The van der Waals surface area contributed by atoms with Crippen molar-refractivity contribution in [2.75, 3.05) is 19.0 Å². The summed E-state index contributed by atoms with van der Waals surface area (Å²) in [5.74, 6) is 0.132. The maximum Gasteiger partial charge on any atom is 0.333 e. The fourth-order valence-electron chi connectivity index (χ4n) is 1.04. The summed E-state index contributed by atoms with van der Waals surface area (Å²) in [5, 5.41) is -0.358. The van der Waals surface area contributed by atoms with Gasteiger partial charge in [0.25, 0.3) is 0 Å². The van der Waals surface area contributed by atoms with Gasteiger partial charge in [0.05, 0.1) is 0 Å². The number of rotatable bonds is 9. The third-order valence-electron chi connectivity index (χ3n) is 2.23. The third kappa shape index (κ3) is 10.8. The minimum atomic E-state index is -0.484. The smallest absolute Gasteiger partial charge is 0.333 e. The van der Waals surface area contributed by atoms with E-state index in [-0.39, 0.29) is 24.4 Å². The van der Waals surface area contributed by atoms with E-state index in [2.05, 4.69) is 13.5 Å². The minimum absolute atomic E-state index is 0.0323. The van der Waals surface area contributed by atoms with Crippen LogP contribution in [0.5, 0.6) is 0 Å². The summed E-state index contributed by atoms with van der Waals surface area (Å²) in [6, 6.07) is 0. The van der Waals surface area contributed by atoms with Crippen LogP contribution in [0.2, 0.25) is 0 Å². The van der Waals surface area contributed by atoms with E-state index in [1.807, 2.05) is 0 Å². The van der Waals surface area contributed by atoms with Crippen LogP contribution in [-0.4, -0.2) is 39.7 Å². The van der Waals surface area contributed by atoms with Gasteiger partial charge in [-0.15, -0.1) is 11.8 Å². The van der Waals surface area contributed by atoms with Crippen LogP contribution < -0.4 is 0 Å². The van der Waals surface area contributed by atoms with Gasteiger partial charge >= 0.3 is 11.9 Å². The van der Waals surface area contributed by atoms with E-state index in [1.54, 1.807) is 25.6 Å². The highest BCUT2D eigenvalue weighted by Crippen LogP contribution is 2.23. The number of unbranched alkanes of at least 4 members (excludes halogenated alkanes) is 1. The summed E-state index contributed by atoms with van der Waals surface area (Å²) in [7, 11) is 0. The molecule has 21 heavy (non-hydrogen) atoms. The Morgan fingerprint density at radius 2 is 1.90 bits per heavy atom. The van der Waals surface area contributed by atoms with Gasteiger partial charge in [-0.1, -0.05) is 43.9 Å². The molecule has 0 rings (SSSR count). The Hall–Kier alpha value is -0.530. The number of thioether (sulfide) groups is 2. The third-order valence-corrected chi connectivity index (χ3v) is 4.98. The molecule has 0 aliphatic heterocycles. The highest BCUT2D eigenvalue weighted by molar-refractivity contribution is 8.47. The van der Waals surface area contributed by atoms with Gasteiger partial charge in [-0.05, 0) is 26.0 Å². The number of hydrogen-bond donors (Lipinski definition) is 0. The lowest BCUT2D eigenvalue weighted by Crippen LogP contribution is -2.21. The molecular weight excluding hydrogens is 328 g/mol. The van der Waals surface area contributed by atoms with Crippen LogP contribution in [0.1, 0.15) is 33.6 Å². The fraction of sp³-hybridized carbons (Fsp3) is 0.643. The number of carbonyl (C=O) groups is 2. The second kappa shape index (κ2) is 12.1. The van der Waals surface area contributed by atoms with E-state index in [9.17, 15) is 9.59 Å². The second-order valence-electron chi connectivity index (χ2n) is 4.30. The van der Waals surface area contributed by atoms with Crippen molar-refractivity contribution in [3.8, 4) is 0 Å². The molecule has 0 amide bonds. The van der Waals surface area contributed by atoms with Gasteiger partial charge in [0, 0.05) is 5.57 Å². The van der Waals surface area contributed by atoms with Crippen molar-refractivity contribution in [2.24, 2.45) is 0 Å². The summed E-state index contributed by atoms with van der Waals surface area (Å²) in [6.07, 6.45) is 2.24. The van der Waals surface area contributed by atoms with Gasteiger partial charge in [0.15, 0.2) is 0 Å². The monoisotopic (exact) mass is 350 g/mol. The lowest BCUT2D eigenvalue weighted by Gasteiger charge is -2.11. The zero-order chi connectivity index (χ0) is 16.3. The first-order valence-electron chi connectivity index (χ1n) is 6.71. The Bertz CT molecular complexity index is 382. The Morgan fingerprint density at radius 1 is 1.29 bits per heavy atom. The molecule has 0 N–H and O–H groups in total. The largest absolute Gasteiger partial charge is 0.461 e. The van der Waals surface area contributed by atoms with E-state index in [4.69, 9.17) is 21.7 Å². The minimum Gasteiger partial charge on any atom is -0.461 e. The molecule has 0 heterocycles. The molecule has 1 atom stereocenters. The van der Waals surface area contributed by atoms with Gasteiger partial charge in [-0.3, -0.25) is 4.79 Å². The topological polar surface area (TPSA) is 52.6 Å². The molecule has 0 radical (unpaired) electrons. The van der Waals surface area contributed by atoms with Crippen LogP contribution in [0.25, 0.3) is 0 Å². The van der Waals surface area contributed by atoms with Crippen LogP contribution in [0, 0.1) is 0 Å². The molecule has 0 fully saturated rings. The van der Waals surface area contributed by atoms with Crippen LogP contribution in [0.15, 0.2) is 12.2 Å². The molecule has 7 heteroatoms. The van der Waals surface area contributed by atoms with Gasteiger partial charge < -0.3 is 9.47 Å². The maximum absolute atomic E-state index is 11.7. The molecule has 0 aromatic rings. The van der Waals surface area contributed by atoms with E-state index >= 15 is 0 Å². The molecular formula is C14H22O4S3. The average molecular weight is 351 g/mol. The number of thiocarbonyl (C=S) groups is 1. The SMILES string of the molecule is C=C(C)C(=O)OCCOC(=O)C(C)SC(=S)SCCCC. The summed E-state index contributed by atoms with van der Waals surface area (Å²) < 4.78 is 10.6. The van der Waals surface area contributed by atoms with Crippen molar-refractivity contribution in [1.82, 2.24) is 0 Å². The molecule has 0 aliphatic carbocycles. The van der Waals surface area contributed by atoms with Crippen molar-refractivity contribution >= 4 is 51.2 Å². The van der Waals surface area contributed by atoms with E-state index in [0.29, 0.717) is 5.57 Å². The van der Waals surface area contributed by atoms with Crippen LogP contribution in [-0.2, 0) is 19.1 Å². The molecule has 0 saturated carbocycles. The Kier molecular flexibility index (Phi) is 11.8. The number of hydrogen-bond acceptors (Lipinski definition) is 7. The maximum atomic E-state index is 11.7. The van der Waals surface area contributed by atoms with Crippen molar-refractivity contribution in [1.29, 1.82) is 0 Å². The normalized spacial score (nSPS) is 11.6. The number of carbonyl (C=O) groups excluding carboxylic acids is 2. The second-order valence-corrected chi connectivity index (χ2v) is 7.94. The quantitative estimate of drug-likeness (QED) is 0.272. The Balaban J connectivity index is 3.82. The summed E-state index contributed by atoms with van der Waals surface area (Å²) in [4.78, 5) is 22.8. The van der Waals surface area contributed by atoms with Crippen molar-refractivity contribution in [3.63, 3.8) is 0 Å². The molecule has 0 spiro atoms. The first kappa shape index (κ1) is 20.5. The first-order valence-corrected chi connectivity index (χ1v) is 8.98. The highest BCUT2D eigenvalue weighted by atomic mass is 32.2. The molecule has 0 aromatic heterocycles. The molecule has 0 aromatic carbocycles. The molecule has 120 valence electrons. The van der Waals surface area contributed by atoms with Crippen molar-refractivity contribution in [3.05, 3.63) is 12.2 Å². The average Bonchev–Trinajstić information content (AvgIpc) is 2.42. The van der Waals surface area contributed by atoms with Crippen LogP contribution in [0.3, 0.4) is 0 Å². The molecule has 0 aliphatic rings. The summed E-state index contributed by atoms with van der Waals surface area (Å²) >= 11 is 8.12. The lowest BCUT2D eigenvalue weighted by atomic mass is 10.4. The summed E-state index contributed by atoms with van der Waals surface area (Å²) in [6.45, 7) is 8.96. The molecule has 1 unspecified atom stereocenters. The molecule has 0 saturated heterocycles. The number of ether oxygens (including phenoxy) is 2. The van der Waals surface area contributed by atoms with Gasteiger partial charge in [-0.2, -0.15) is 0 Å². The van der Waals surface area contributed by atoms with Crippen LogP contribution >= 0.6 is 35.7 Å². The highest BCUT2D eigenvalue weighted by Gasteiger charge is 2.17. The lowest BCUT2D eigenvalue weighted by molar-refractivity contribution is -0.149. The first-order chi connectivity index (χ1) is 9.88. The van der Waals surface area contributed by atoms with Gasteiger partial charge in [0.2, 0.25) is 0 Å². The van der Waals surface area contributed by atoms with E-state index in [1.165, 1.54) is 11.8 Å². The number of esters is 2. The molecule has 0 bridgehead atoms. The standard InChI is InChI=1S/C14H22O4S3/c1-5-6-9-20-14(19)21-11(4)13(16)18-8-7-17-12(15)10(2)3/h11H,2,5-9H2,1,3-4H3. The summed E-state index contributed by atoms with van der Waals surface area (Å²) in [5.41, 5.74) is 0.319. The van der Waals surface area contributed by atoms with Gasteiger partial charge in [-0.25, -0.2) is 4.79 Å². The van der Waals surface area contributed by atoms with Crippen molar-refractivity contribution < 1.29 is 19.1 Å². The predicted octanol–water partition coefficient (Wildman–Crippen LogP) is 3.59. The zero-order valence-corrected chi connectivity index (χ0v) is 15.1. The Labute approximate surface area is 140 Å². The van der Waals surface area contributed by atoms with Crippen molar-refractivity contribution in [2.45, 2.75) is 38.9 Å². The molecule has 4 nitrogen and oxygen atoms in total. The van der Waals surface area contributed by atoms with Gasteiger partial charge in [0.1, 0.15) is 22.0 Å². The van der Waals surface area contributed by atoms with Crippen LogP contribution in [0.4, 0.5) is 0 Å². The van der Waals surface area contributed by atoms with E-state index < -0.39 is 5.97 Å². The fourth-order valence-corrected chi connectivity index (χ4v) is 3.73. The zero-order valence-electron chi connectivity index (χ0n) is 12.7. The Morgan fingerprint density at radius 3 is 2.48 bits per heavy atom. The predicted molar refractivity (Wildman–Crippen MR) is 93.7 cm³/mol.